The quantitative estimate of drug-likeness (QED) is 0.378. The van der Waals surface area contributed by atoms with Crippen LogP contribution in [0.25, 0.3) is 0 Å². The highest BCUT2D eigenvalue weighted by Crippen LogP contribution is 2.26. The number of halogens is 1. The minimum absolute atomic E-state index is 0.0620. The molecule has 0 spiro atoms. The van der Waals surface area contributed by atoms with Crippen molar-refractivity contribution in [3.8, 4) is 0 Å². The highest BCUT2D eigenvalue weighted by atomic mass is 35.5. The molecule has 180 valence electrons. The van der Waals surface area contributed by atoms with Crippen LogP contribution in [0.1, 0.15) is 89.2 Å². The van der Waals surface area contributed by atoms with Gasteiger partial charge in [0.15, 0.2) is 0 Å². The van der Waals surface area contributed by atoms with E-state index >= 15 is 0 Å². The number of thiocarbonyl (C=S) groups is 1. The third kappa shape index (κ3) is 7.65. The van der Waals surface area contributed by atoms with E-state index in [0.717, 1.165) is 40.3 Å². The number of benzene rings is 1. The molecule has 33 heavy (non-hydrogen) atoms. The predicted molar refractivity (Wildman–Crippen MR) is 144 cm³/mol. The molecule has 1 heterocycles. The Morgan fingerprint density at radius 3 is 2.36 bits per heavy atom. The summed E-state index contributed by atoms with van der Waals surface area (Å²) in [5.41, 5.74) is 2.18. The normalized spacial score (nSPS) is 15.6. The molecule has 1 atom stereocenters. The van der Waals surface area contributed by atoms with Crippen LogP contribution in [0, 0.1) is 12.8 Å². The number of anilines is 1. The molecule has 0 bridgehead atoms. The second-order valence-electron chi connectivity index (χ2n) is 10.1. The van der Waals surface area contributed by atoms with Crippen LogP contribution in [0.5, 0.6) is 0 Å². The molecular weight excluding hydrogens is 448 g/mol. The Hall–Kier alpha value is -1.72. The second-order valence-corrected chi connectivity index (χ2v) is 11.0. The average Bonchev–Trinajstić information content (AvgIpc) is 2.77. The van der Waals surface area contributed by atoms with E-state index in [1.165, 1.54) is 37.7 Å². The van der Waals surface area contributed by atoms with Gasteiger partial charge in [0.25, 0.3) is 0 Å². The van der Waals surface area contributed by atoms with Crippen LogP contribution in [0.15, 0.2) is 30.3 Å². The maximum Gasteiger partial charge on any atom is 0.133 e. The van der Waals surface area contributed by atoms with Gasteiger partial charge in [0.1, 0.15) is 11.6 Å². The first-order chi connectivity index (χ1) is 15.7. The van der Waals surface area contributed by atoms with Gasteiger partial charge in [-0.2, -0.15) is 0 Å². The summed E-state index contributed by atoms with van der Waals surface area (Å²) in [5.74, 6) is 2.58. The Morgan fingerprint density at radius 1 is 1.09 bits per heavy atom. The zero-order valence-corrected chi connectivity index (χ0v) is 22.3. The number of aromatic nitrogens is 2. The fourth-order valence-corrected chi connectivity index (χ4v) is 5.00. The number of rotatable bonds is 9. The lowest BCUT2D eigenvalue weighted by Gasteiger charge is -2.37. The minimum atomic E-state index is 0.0620. The Morgan fingerprint density at radius 2 is 1.76 bits per heavy atom. The van der Waals surface area contributed by atoms with E-state index in [2.05, 4.69) is 61.1 Å². The highest BCUT2D eigenvalue weighted by molar-refractivity contribution is 7.80. The van der Waals surface area contributed by atoms with Crippen molar-refractivity contribution in [3.05, 3.63) is 52.4 Å². The molecule has 4 nitrogen and oxygen atoms in total. The summed E-state index contributed by atoms with van der Waals surface area (Å²) in [4.78, 5) is 13.0. The van der Waals surface area contributed by atoms with E-state index in [-0.39, 0.29) is 12.0 Å². The van der Waals surface area contributed by atoms with E-state index in [0.29, 0.717) is 12.0 Å². The first kappa shape index (κ1) is 25.9. The van der Waals surface area contributed by atoms with Crippen molar-refractivity contribution < 1.29 is 0 Å². The monoisotopic (exact) mass is 486 g/mol. The first-order valence-corrected chi connectivity index (χ1v) is 13.2. The predicted octanol–water partition coefficient (Wildman–Crippen LogP) is 7.23. The van der Waals surface area contributed by atoms with Gasteiger partial charge in [0.2, 0.25) is 0 Å². The lowest BCUT2D eigenvalue weighted by Crippen LogP contribution is -2.50. The summed E-state index contributed by atoms with van der Waals surface area (Å²) in [5, 5.41) is 4.50. The van der Waals surface area contributed by atoms with E-state index in [1.807, 2.05) is 19.1 Å². The first-order valence-electron chi connectivity index (χ1n) is 12.4. The number of hydrogen-bond acceptors (Lipinski definition) is 4. The van der Waals surface area contributed by atoms with Gasteiger partial charge >= 0.3 is 0 Å². The molecule has 0 aliphatic heterocycles. The van der Waals surface area contributed by atoms with Crippen LogP contribution in [0.3, 0.4) is 0 Å². The third-order valence-corrected chi connectivity index (χ3v) is 6.90. The average molecular weight is 487 g/mol. The Bertz CT molecular complexity index is 907. The highest BCUT2D eigenvalue weighted by Gasteiger charge is 2.28. The molecule has 0 radical (unpaired) electrons. The molecule has 1 aliphatic rings. The summed E-state index contributed by atoms with van der Waals surface area (Å²) in [6, 6.07) is 10.7. The molecule has 1 fully saturated rings. The summed E-state index contributed by atoms with van der Waals surface area (Å²) in [6.45, 7) is 11.6. The van der Waals surface area contributed by atoms with Crippen LogP contribution in [-0.4, -0.2) is 27.0 Å². The molecule has 1 aromatic heterocycles. The Labute approximate surface area is 210 Å². The molecular formula is C27H39ClN4S. The van der Waals surface area contributed by atoms with E-state index in [1.54, 1.807) is 0 Å². The summed E-state index contributed by atoms with van der Waals surface area (Å²) in [7, 11) is 0. The van der Waals surface area contributed by atoms with Crippen molar-refractivity contribution in [2.45, 2.75) is 97.7 Å². The summed E-state index contributed by atoms with van der Waals surface area (Å²) < 4.78 is 0. The molecule has 1 saturated carbocycles. The zero-order valence-electron chi connectivity index (χ0n) is 20.8. The van der Waals surface area contributed by atoms with E-state index in [4.69, 9.17) is 28.8 Å². The van der Waals surface area contributed by atoms with Crippen LogP contribution in [0.2, 0.25) is 5.02 Å². The van der Waals surface area contributed by atoms with E-state index < -0.39 is 0 Å². The lowest BCUT2D eigenvalue weighted by atomic mass is 9.94. The van der Waals surface area contributed by atoms with Crippen molar-refractivity contribution in [1.29, 1.82) is 0 Å². The number of aryl methyl sites for hydroxylation is 1. The molecule has 2 aromatic rings. The molecule has 1 unspecified atom stereocenters. The molecule has 0 saturated heterocycles. The van der Waals surface area contributed by atoms with Crippen LogP contribution in [0.4, 0.5) is 5.82 Å². The number of nitrogens with zero attached hydrogens (tertiary/aromatic N) is 3. The Balaban J connectivity index is 1.99. The largest absolute Gasteiger partial charge is 0.375 e. The maximum absolute atomic E-state index is 6.17. The van der Waals surface area contributed by atoms with Gasteiger partial charge in [0.05, 0.1) is 11.0 Å². The minimum Gasteiger partial charge on any atom is -0.375 e. The van der Waals surface area contributed by atoms with Gasteiger partial charge in [-0.3, -0.25) is 0 Å². The van der Waals surface area contributed by atoms with Gasteiger partial charge in [-0.1, -0.05) is 82.9 Å². The van der Waals surface area contributed by atoms with Crippen molar-refractivity contribution in [2.75, 3.05) is 4.90 Å². The van der Waals surface area contributed by atoms with Crippen molar-refractivity contribution in [3.63, 3.8) is 0 Å². The SMILES string of the molecule is Cc1cc(N(Cc2ccc(Cl)cc2)C(CC(C)C)C(=S)NC2CCCCC2)nc(C(C)C)n1. The van der Waals surface area contributed by atoms with E-state index in [9.17, 15) is 0 Å². The van der Waals surface area contributed by atoms with Crippen LogP contribution < -0.4 is 10.2 Å². The van der Waals surface area contributed by atoms with Crippen molar-refractivity contribution in [1.82, 2.24) is 15.3 Å². The maximum atomic E-state index is 6.17. The van der Waals surface area contributed by atoms with Crippen molar-refractivity contribution in [2.24, 2.45) is 5.92 Å². The lowest BCUT2D eigenvalue weighted by molar-refractivity contribution is 0.408. The number of nitrogens with one attached hydrogen (secondary N) is 1. The molecule has 1 N–H and O–H groups in total. The fourth-order valence-electron chi connectivity index (χ4n) is 4.48. The standard InChI is InChI=1S/C27H39ClN4S/c1-18(2)15-24(27(33)30-23-9-7-6-8-10-23)32(17-21-11-13-22(28)14-12-21)25-16-20(5)29-26(31-25)19(3)4/h11-14,16,18-19,23-24H,6-10,15,17H2,1-5H3,(H,30,33). The molecule has 1 aromatic carbocycles. The smallest absolute Gasteiger partial charge is 0.133 e. The summed E-state index contributed by atoms with van der Waals surface area (Å²) >= 11 is 12.3. The van der Waals surface area contributed by atoms with Crippen LogP contribution in [-0.2, 0) is 6.54 Å². The molecule has 0 amide bonds. The third-order valence-electron chi connectivity index (χ3n) is 6.26. The van der Waals surface area contributed by atoms with Gasteiger partial charge in [-0.25, -0.2) is 9.97 Å². The fraction of sp³-hybridized carbons (Fsp3) is 0.593. The second kappa shape index (κ2) is 12.1. The molecule has 3 rings (SSSR count). The zero-order chi connectivity index (χ0) is 24.0. The van der Waals surface area contributed by atoms with Crippen LogP contribution >= 0.6 is 23.8 Å². The molecule has 6 heteroatoms. The van der Waals surface area contributed by atoms with Gasteiger partial charge in [-0.05, 0) is 49.8 Å². The van der Waals surface area contributed by atoms with Gasteiger partial charge < -0.3 is 10.2 Å². The van der Waals surface area contributed by atoms with Crippen molar-refractivity contribution >= 4 is 34.6 Å². The van der Waals surface area contributed by atoms with Gasteiger partial charge in [-0.15, -0.1) is 0 Å². The molecule has 1 aliphatic carbocycles. The number of hydrogen-bond donors (Lipinski definition) is 1. The summed E-state index contributed by atoms with van der Waals surface area (Å²) in [6.07, 6.45) is 7.28. The Kier molecular flexibility index (Phi) is 9.51. The van der Waals surface area contributed by atoms with Gasteiger partial charge in [0, 0.05) is 35.3 Å². The topological polar surface area (TPSA) is 41.0 Å².